The second-order valence-corrected chi connectivity index (χ2v) is 9.52. The molecular formula is C20H22BrN3O2S. The van der Waals surface area contributed by atoms with E-state index in [-0.39, 0.29) is 0 Å². The Labute approximate surface area is 168 Å². The molecule has 0 unspecified atom stereocenters. The molecule has 2 heterocycles. The number of hydrogen-bond donors (Lipinski definition) is 0. The number of sulfonamides is 1. The molecule has 27 heavy (non-hydrogen) atoms. The Bertz CT molecular complexity index is 982. The van der Waals surface area contributed by atoms with Gasteiger partial charge in [0, 0.05) is 42.8 Å². The van der Waals surface area contributed by atoms with Gasteiger partial charge in [-0.05, 0) is 36.6 Å². The molecule has 0 radical (unpaired) electrons. The van der Waals surface area contributed by atoms with Gasteiger partial charge >= 0.3 is 0 Å². The Morgan fingerprint density at radius 2 is 1.78 bits per heavy atom. The molecule has 0 spiro atoms. The van der Waals surface area contributed by atoms with Crippen LogP contribution in [0, 0.1) is 0 Å². The van der Waals surface area contributed by atoms with Gasteiger partial charge in [0.15, 0.2) is 5.84 Å². The quantitative estimate of drug-likeness (QED) is 0.722. The molecule has 0 saturated carbocycles. The summed E-state index contributed by atoms with van der Waals surface area (Å²) in [7, 11) is -1.60. The van der Waals surface area contributed by atoms with E-state index in [0.29, 0.717) is 16.8 Å². The fraction of sp³-hybridized carbons (Fsp3) is 0.350. The molecule has 5 nitrogen and oxygen atoms in total. The summed E-state index contributed by atoms with van der Waals surface area (Å²) in [6.45, 7) is 2.89. The Morgan fingerprint density at radius 3 is 2.52 bits per heavy atom. The van der Waals surface area contributed by atoms with Gasteiger partial charge < -0.3 is 4.90 Å². The summed E-state index contributed by atoms with van der Waals surface area (Å²) in [6, 6.07) is 15.7. The summed E-state index contributed by atoms with van der Waals surface area (Å²) in [5.74, 6) is 0.579. The molecular weight excluding hydrogens is 426 g/mol. The van der Waals surface area contributed by atoms with Crippen molar-refractivity contribution in [1.82, 2.24) is 9.80 Å². The molecule has 0 N–H and O–H groups in total. The highest BCUT2D eigenvalue weighted by Crippen LogP contribution is 2.29. The highest BCUT2D eigenvalue weighted by atomic mass is 79.9. The maximum absolute atomic E-state index is 12.3. The topological polar surface area (TPSA) is 53.0 Å². The average molecular weight is 448 g/mol. The van der Waals surface area contributed by atoms with Crippen molar-refractivity contribution < 1.29 is 8.42 Å². The second kappa shape index (κ2) is 7.37. The summed E-state index contributed by atoms with van der Waals surface area (Å²) in [5, 5.41) is 0. The van der Waals surface area contributed by atoms with Gasteiger partial charge in [-0.15, -0.1) is 4.40 Å². The molecule has 4 rings (SSSR count). The predicted octanol–water partition coefficient (Wildman–Crippen LogP) is 3.49. The molecule has 142 valence electrons. The molecule has 2 aromatic rings. The van der Waals surface area contributed by atoms with Crippen molar-refractivity contribution in [2.75, 3.05) is 20.1 Å². The molecule has 1 fully saturated rings. The van der Waals surface area contributed by atoms with E-state index in [9.17, 15) is 8.42 Å². The van der Waals surface area contributed by atoms with Crippen molar-refractivity contribution in [2.24, 2.45) is 4.40 Å². The van der Waals surface area contributed by atoms with Gasteiger partial charge in [-0.3, -0.25) is 4.90 Å². The number of piperidine rings is 1. The number of hydrogen-bond acceptors (Lipinski definition) is 4. The highest BCUT2D eigenvalue weighted by Gasteiger charge is 2.33. The Balaban J connectivity index is 1.44. The average Bonchev–Trinajstić information content (AvgIpc) is 2.95. The lowest BCUT2D eigenvalue weighted by Crippen LogP contribution is -2.45. The standard InChI is InChI=1S/C20H22BrN3O2S/c1-23(20-17-7-3-5-9-19(17)27(25,26)22-20)16-10-12-24(13-11-16)14-15-6-2-4-8-18(15)21/h2-9,16H,10-14H2,1H3. The van der Waals surface area contributed by atoms with Gasteiger partial charge in [-0.25, -0.2) is 0 Å². The van der Waals surface area contributed by atoms with E-state index in [2.05, 4.69) is 48.3 Å². The van der Waals surface area contributed by atoms with E-state index in [4.69, 9.17) is 0 Å². The van der Waals surface area contributed by atoms with Crippen LogP contribution in [0.4, 0.5) is 0 Å². The van der Waals surface area contributed by atoms with Crippen molar-refractivity contribution in [2.45, 2.75) is 30.3 Å². The smallest absolute Gasteiger partial charge is 0.285 e. The monoisotopic (exact) mass is 447 g/mol. The number of nitrogens with zero attached hydrogens (tertiary/aromatic N) is 3. The zero-order chi connectivity index (χ0) is 19.0. The van der Waals surface area contributed by atoms with Gasteiger partial charge in [-0.1, -0.05) is 46.3 Å². The van der Waals surface area contributed by atoms with Gasteiger partial charge in [0.2, 0.25) is 0 Å². The van der Waals surface area contributed by atoms with Crippen LogP contribution in [0.2, 0.25) is 0 Å². The minimum atomic E-state index is -3.56. The summed E-state index contributed by atoms with van der Waals surface area (Å²) in [6.07, 6.45) is 1.98. The number of benzene rings is 2. The number of amidine groups is 1. The van der Waals surface area contributed by atoms with Crippen LogP contribution in [-0.4, -0.2) is 50.2 Å². The zero-order valence-corrected chi connectivity index (χ0v) is 17.6. The van der Waals surface area contributed by atoms with Crippen LogP contribution in [0.15, 0.2) is 62.3 Å². The molecule has 0 aliphatic carbocycles. The van der Waals surface area contributed by atoms with E-state index in [1.807, 2.05) is 25.2 Å². The molecule has 2 aromatic carbocycles. The van der Waals surface area contributed by atoms with Gasteiger partial charge in [0.05, 0.1) is 0 Å². The molecule has 2 aliphatic heterocycles. The first-order valence-electron chi connectivity index (χ1n) is 9.09. The Morgan fingerprint density at radius 1 is 1.11 bits per heavy atom. The van der Waals surface area contributed by atoms with Crippen molar-refractivity contribution in [3.63, 3.8) is 0 Å². The molecule has 0 aromatic heterocycles. The van der Waals surface area contributed by atoms with Crippen molar-refractivity contribution in [3.05, 3.63) is 64.1 Å². The maximum atomic E-state index is 12.3. The first kappa shape index (κ1) is 18.7. The third-order valence-corrected chi connectivity index (χ3v) is 7.50. The van der Waals surface area contributed by atoms with Crippen LogP contribution >= 0.6 is 15.9 Å². The number of likely N-dealkylation sites (tertiary alicyclic amines) is 1. The minimum Gasteiger partial charge on any atom is -0.355 e. The molecule has 0 bridgehead atoms. The fourth-order valence-corrected chi connectivity index (χ4v) is 5.50. The van der Waals surface area contributed by atoms with Crippen molar-refractivity contribution >= 4 is 31.8 Å². The molecule has 1 saturated heterocycles. The summed E-state index contributed by atoms with van der Waals surface area (Å²) in [4.78, 5) is 4.82. The molecule has 7 heteroatoms. The van der Waals surface area contributed by atoms with E-state index < -0.39 is 10.0 Å². The van der Waals surface area contributed by atoms with E-state index in [1.54, 1.807) is 12.1 Å². The zero-order valence-electron chi connectivity index (χ0n) is 15.2. The molecule has 0 amide bonds. The van der Waals surface area contributed by atoms with Gasteiger partial charge in [0.1, 0.15) is 4.90 Å². The number of rotatable bonds is 3. The van der Waals surface area contributed by atoms with Crippen LogP contribution < -0.4 is 0 Å². The number of halogens is 1. The Hall–Kier alpha value is -1.70. The van der Waals surface area contributed by atoms with Crippen LogP contribution in [0.25, 0.3) is 0 Å². The van der Waals surface area contributed by atoms with Crippen molar-refractivity contribution in [3.8, 4) is 0 Å². The molecule has 0 atom stereocenters. The van der Waals surface area contributed by atoms with Crippen molar-refractivity contribution in [1.29, 1.82) is 0 Å². The summed E-state index contributed by atoms with van der Waals surface area (Å²) < 4.78 is 29.8. The normalized spacial score (nSPS) is 19.6. The van der Waals surface area contributed by atoms with E-state index in [1.165, 1.54) is 5.56 Å². The van der Waals surface area contributed by atoms with Gasteiger partial charge in [-0.2, -0.15) is 8.42 Å². The SMILES string of the molecule is CN(C1=NS(=O)(=O)c2ccccc21)C1CCN(Cc2ccccc2Br)CC1. The maximum Gasteiger partial charge on any atom is 0.285 e. The second-order valence-electron chi connectivity index (χ2n) is 7.10. The number of fused-ring (bicyclic) bond motifs is 1. The van der Waals surface area contributed by atoms with E-state index in [0.717, 1.165) is 42.5 Å². The van der Waals surface area contributed by atoms with Crippen LogP contribution in [0.1, 0.15) is 24.0 Å². The Kier molecular flexibility index (Phi) is 5.09. The third-order valence-electron chi connectivity index (χ3n) is 5.40. The molecule has 2 aliphatic rings. The summed E-state index contributed by atoms with van der Waals surface area (Å²) in [5.41, 5.74) is 2.01. The highest BCUT2D eigenvalue weighted by molar-refractivity contribution is 9.10. The fourth-order valence-electron chi connectivity index (χ4n) is 3.85. The van der Waals surface area contributed by atoms with Gasteiger partial charge in [0.25, 0.3) is 10.0 Å². The summed E-state index contributed by atoms with van der Waals surface area (Å²) >= 11 is 3.62. The van der Waals surface area contributed by atoms with Crippen LogP contribution in [0.3, 0.4) is 0 Å². The van der Waals surface area contributed by atoms with Crippen LogP contribution in [-0.2, 0) is 16.6 Å². The lowest BCUT2D eigenvalue weighted by atomic mass is 10.0. The predicted molar refractivity (Wildman–Crippen MR) is 110 cm³/mol. The lowest BCUT2D eigenvalue weighted by Gasteiger charge is -2.37. The minimum absolute atomic E-state index is 0.292. The first-order valence-corrected chi connectivity index (χ1v) is 11.3. The lowest BCUT2D eigenvalue weighted by molar-refractivity contribution is 0.159. The first-order chi connectivity index (χ1) is 13.0. The van der Waals surface area contributed by atoms with E-state index >= 15 is 0 Å². The third kappa shape index (κ3) is 3.68. The van der Waals surface area contributed by atoms with Crippen LogP contribution in [0.5, 0.6) is 0 Å². The largest absolute Gasteiger partial charge is 0.355 e.